The molecule has 1 amide bonds. The second-order valence-electron chi connectivity index (χ2n) is 6.02. The minimum atomic E-state index is -0.313. The zero-order valence-electron chi connectivity index (χ0n) is 14.3. The smallest absolute Gasteiger partial charge is 0.261 e. The van der Waals surface area contributed by atoms with Gasteiger partial charge in [-0.3, -0.25) is 9.69 Å². The van der Waals surface area contributed by atoms with Crippen molar-refractivity contribution in [1.29, 1.82) is 0 Å². The number of hydrogen-bond acceptors (Lipinski definition) is 5. The summed E-state index contributed by atoms with van der Waals surface area (Å²) in [6.07, 6.45) is 0.880. The first kappa shape index (κ1) is 18.3. The van der Waals surface area contributed by atoms with Crippen LogP contribution in [0.5, 0.6) is 0 Å². The lowest BCUT2D eigenvalue weighted by atomic mass is 10.1. The van der Waals surface area contributed by atoms with Gasteiger partial charge in [-0.25, -0.2) is 4.39 Å². The highest BCUT2D eigenvalue weighted by Crippen LogP contribution is 2.33. The molecule has 25 heavy (non-hydrogen) atoms. The number of morpholine rings is 1. The predicted octanol–water partition coefficient (Wildman–Crippen LogP) is 2.64. The minimum Gasteiger partial charge on any atom is -0.380 e. The molecular weight excluding hydrogens is 343 g/mol. The van der Waals surface area contributed by atoms with E-state index < -0.39 is 0 Å². The quantitative estimate of drug-likeness (QED) is 0.766. The summed E-state index contributed by atoms with van der Waals surface area (Å²) >= 11 is 1.31. The van der Waals surface area contributed by atoms with Crippen LogP contribution < -0.4 is 5.32 Å². The average molecular weight is 366 g/mol. The van der Waals surface area contributed by atoms with Gasteiger partial charge in [0.05, 0.1) is 24.7 Å². The highest BCUT2D eigenvalue weighted by molar-refractivity contribution is 7.21. The maximum Gasteiger partial charge on any atom is 0.261 e. The number of carbonyl (C=O) groups excluding carboxylic acids is 1. The number of nitrogens with zero attached hydrogens (tertiary/aromatic N) is 1. The van der Waals surface area contributed by atoms with Crippen LogP contribution in [0.25, 0.3) is 10.1 Å². The van der Waals surface area contributed by atoms with Gasteiger partial charge < -0.3 is 14.8 Å². The fourth-order valence-corrected chi connectivity index (χ4v) is 4.18. The number of ether oxygens (including phenoxy) is 2. The van der Waals surface area contributed by atoms with Gasteiger partial charge in [-0.15, -0.1) is 11.3 Å². The maximum absolute atomic E-state index is 14.2. The van der Waals surface area contributed by atoms with Crippen LogP contribution in [0.2, 0.25) is 0 Å². The second-order valence-corrected chi connectivity index (χ2v) is 7.07. The summed E-state index contributed by atoms with van der Waals surface area (Å²) in [6, 6.07) is 4.91. The number of halogens is 1. The molecule has 1 aromatic carbocycles. The van der Waals surface area contributed by atoms with Gasteiger partial charge in [0, 0.05) is 42.4 Å². The van der Waals surface area contributed by atoms with Gasteiger partial charge in [0.15, 0.2) is 0 Å². The van der Waals surface area contributed by atoms with E-state index in [9.17, 15) is 9.18 Å². The van der Waals surface area contributed by atoms with E-state index in [1.165, 1.54) is 17.4 Å². The summed E-state index contributed by atoms with van der Waals surface area (Å²) in [6.45, 7) is 5.20. The molecule has 1 saturated heterocycles. The standard InChI is InChI=1S/C18H23FN2O3S/c1-23-12-13-16-14(19)4-2-5-15(16)25-17(13)18(22)20-6-3-7-21-8-10-24-11-9-21/h2,4-5H,3,6-12H2,1H3,(H,20,22). The lowest BCUT2D eigenvalue weighted by Crippen LogP contribution is -2.38. The van der Waals surface area contributed by atoms with Crippen LogP contribution in [0.1, 0.15) is 21.7 Å². The molecule has 1 aliphatic rings. The molecule has 1 N–H and O–H groups in total. The largest absolute Gasteiger partial charge is 0.380 e. The highest BCUT2D eigenvalue weighted by Gasteiger charge is 2.20. The number of methoxy groups -OCH3 is 1. The SMILES string of the molecule is COCc1c(C(=O)NCCCN2CCOCC2)sc2cccc(F)c12. The van der Waals surface area contributed by atoms with Crippen LogP contribution in [0.15, 0.2) is 18.2 Å². The fourth-order valence-electron chi connectivity index (χ4n) is 3.04. The van der Waals surface area contributed by atoms with Gasteiger partial charge in [0.1, 0.15) is 5.82 Å². The maximum atomic E-state index is 14.2. The number of fused-ring (bicyclic) bond motifs is 1. The number of hydrogen-bond donors (Lipinski definition) is 1. The van der Waals surface area contributed by atoms with Crippen molar-refractivity contribution in [3.05, 3.63) is 34.5 Å². The van der Waals surface area contributed by atoms with Gasteiger partial charge >= 0.3 is 0 Å². The molecule has 0 radical (unpaired) electrons. The number of thiophene rings is 1. The van der Waals surface area contributed by atoms with Crippen molar-refractivity contribution in [2.75, 3.05) is 46.5 Å². The molecule has 2 aromatic rings. The van der Waals surface area contributed by atoms with Crippen molar-refractivity contribution in [3.63, 3.8) is 0 Å². The summed E-state index contributed by atoms with van der Waals surface area (Å²) < 4.78 is 25.4. The molecule has 0 saturated carbocycles. The van der Waals surface area contributed by atoms with E-state index in [1.54, 1.807) is 13.2 Å². The first-order chi connectivity index (χ1) is 12.2. The van der Waals surface area contributed by atoms with Crippen molar-refractivity contribution < 1.29 is 18.7 Å². The summed E-state index contributed by atoms with van der Waals surface area (Å²) in [5.41, 5.74) is 0.631. The summed E-state index contributed by atoms with van der Waals surface area (Å²) in [5, 5.41) is 3.45. The van der Waals surface area contributed by atoms with Crippen molar-refractivity contribution in [2.45, 2.75) is 13.0 Å². The van der Waals surface area contributed by atoms with Gasteiger partial charge in [-0.2, -0.15) is 0 Å². The number of carbonyl (C=O) groups is 1. The van der Waals surface area contributed by atoms with Crippen molar-refractivity contribution in [3.8, 4) is 0 Å². The molecule has 0 atom stereocenters. The van der Waals surface area contributed by atoms with Crippen LogP contribution in [0, 0.1) is 5.82 Å². The van der Waals surface area contributed by atoms with Crippen LogP contribution in [0.3, 0.4) is 0 Å². The van der Waals surface area contributed by atoms with Crippen molar-refractivity contribution in [1.82, 2.24) is 10.2 Å². The van der Waals surface area contributed by atoms with E-state index in [4.69, 9.17) is 9.47 Å². The minimum absolute atomic E-state index is 0.158. The normalized spacial score (nSPS) is 15.6. The van der Waals surface area contributed by atoms with Gasteiger partial charge in [0.2, 0.25) is 0 Å². The molecule has 1 fully saturated rings. The Morgan fingerprint density at radius 2 is 2.20 bits per heavy atom. The Labute approximate surface area is 150 Å². The Morgan fingerprint density at radius 3 is 2.96 bits per heavy atom. The number of benzene rings is 1. The molecule has 2 heterocycles. The Hall–Kier alpha value is -1.54. The number of amides is 1. The van der Waals surface area contributed by atoms with Crippen LogP contribution in [-0.2, 0) is 16.1 Å². The van der Waals surface area contributed by atoms with Crippen LogP contribution in [0.4, 0.5) is 4.39 Å². The van der Waals surface area contributed by atoms with Crippen molar-refractivity contribution >= 4 is 27.3 Å². The monoisotopic (exact) mass is 366 g/mol. The molecule has 3 rings (SSSR count). The molecule has 1 aliphatic heterocycles. The summed E-state index contributed by atoms with van der Waals surface area (Å²) in [7, 11) is 1.55. The Morgan fingerprint density at radius 1 is 1.40 bits per heavy atom. The van der Waals surface area contributed by atoms with Crippen LogP contribution >= 0.6 is 11.3 Å². The molecule has 1 aromatic heterocycles. The molecular formula is C18H23FN2O3S. The zero-order chi connectivity index (χ0) is 17.6. The Bertz CT molecular complexity index is 728. The van der Waals surface area contributed by atoms with Crippen molar-refractivity contribution in [2.24, 2.45) is 0 Å². The van der Waals surface area contributed by atoms with Crippen LogP contribution in [-0.4, -0.2) is 57.3 Å². The number of nitrogens with one attached hydrogen (secondary N) is 1. The fraction of sp³-hybridized carbons (Fsp3) is 0.500. The number of rotatable bonds is 7. The van der Waals surface area contributed by atoms with Gasteiger partial charge in [-0.1, -0.05) is 6.07 Å². The molecule has 0 spiro atoms. The van der Waals surface area contributed by atoms with E-state index in [1.807, 2.05) is 6.07 Å². The Kier molecular flexibility index (Phi) is 6.36. The van der Waals surface area contributed by atoms with E-state index in [0.717, 1.165) is 44.0 Å². The topological polar surface area (TPSA) is 50.8 Å². The third-order valence-electron chi connectivity index (χ3n) is 4.30. The molecule has 0 unspecified atom stereocenters. The molecule has 0 bridgehead atoms. The first-order valence-corrected chi connectivity index (χ1v) is 9.29. The van der Waals surface area contributed by atoms with Gasteiger partial charge in [0.25, 0.3) is 5.91 Å². The zero-order valence-corrected chi connectivity index (χ0v) is 15.2. The van der Waals surface area contributed by atoms with E-state index in [-0.39, 0.29) is 18.3 Å². The molecule has 7 heteroatoms. The highest BCUT2D eigenvalue weighted by atomic mass is 32.1. The lowest BCUT2D eigenvalue weighted by Gasteiger charge is -2.26. The molecule has 136 valence electrons. The lowest BCUT2D eigenvalue weighted by molar-refractivity contribution is 0.0374. The predicted molar refractivity (Wildman–Crippen MR) is 96.7 cm³/mol. The average Bonchev–Trinajstić information content (AvgIpc) is 3.00. The van der Waals surface area contributed by atoms with E-state index in [2.05, 4.69) is 10.2 Å². The third-order valence-corrected chi connectivity index (χ3v) is 5.49. The van der Waals surface area contributed by atoms with E-state index in [0.29, 0.717) is 22.4 Å². The Balaban J connectivity index is 1.63. The summed E-state index contributed by atoms with van der Waals surface area (Å²) in [4.78, 5) is 15.4. The molecule has 5 nitrogen and oxygen atoms in total. The van der Waals surface area contributed by atoms with E-state index >= 15 is 0 Å². The third kappa shape index (κ3) is 4.36. The second kappa shape index (κ2) is 8.71. The molecule has 0 aliphatic carbocycles. The first-order valence-electron chi connectivity index (χ1n) is 8.48. The van der Waals surface area contributed by atoms with Gasteiger partial charge in [-0.05, 0) is 25.1 Å². The summed E-state index contributed by atoms with van der Waals surface area (Å²) in [5.74, 6) is -0.471.